The fourth-order valence-corrected chi connectivity index (χ4v) is 2.88. The molecule has 1 unspecified atom stereocenters. The summed E-state index contributed by atoms with van der Waals surface area (Å²) in [7, 11) is 0. The molecule has 0 aliphatic carbocycles. The largest absolute Gasteiger partial charge is 0.381 e. The van der Waals surface area contributed by atoms with E-state index in [0.29, 0.717) is 31.0 Å². The number of carbonyl (C=O) groups is 1. The first-order chi connectivity index (χ1) is 7.68. The molecule has 92 valence electrons. The van der Waals surface area contributed by atoms with Crippen molar-refractivity contribution in [1.82, 2.24) is 4.90 Å². The van der Waals surface area contributed by atoms with E-state index in [0.717, 1.165) is 13.0 Å². The predicted molar refractivity (Wildman–Crippen MR) is 63.4 cm³/mol. The zero-order valence-corrected chi connectivity index (χ0v) is 10.4. The Morgan fingerprint density at radius 2 is 1.94 bits per heavy atom. The van der Waals surface area contributed by atoms with Crippen molar-refractivity contribution < 1.29 is 9.53 Å². The first-order valence-corrected chi connectivity index (χ1v) is 6.54. The molecule has 3 atom stereocenters. The van der Waals surface area contributed by atoms with E-state index in [4.69, 9.17) is 4.74 Å². The molecule has 2 rings (SSSR count). The summed E-state index contributed by atoms with van der Waals surface area (Å²) in [6, 6.07) is 1.13. The minimum atomic E-state index is 0.168. The molecule has 2 saturated heterocycles. The minimum Gasteiger partial charge on any atom is -0.381 e. The van der Waals surface area contributed by atoms with Crippen LogP contribution in [0.25, 0.3) is 0 Å². The van der Waals surface area contributed by atoms with Gasteiger partial charge in [-0.3, -0.25) is 9.69 Å². The standard InChI is InChI=1S/C13H23NO2/c1-10-4-3-5-11(2)14(10)8-13(15)12-6-7-16-9-12/h10-12H,3-9H2,1-2H3/t10-,11+,12?. The third-order valence-electron chi connectivity index (χ3n) is 4.10. The van der Waals surface area contributed by atoms with Gasteiger partial charge in [0.25, 0.3) is 0 Å². The molecular weight excluding hydrogens is 202 g/mol. The molecule has 0 radical (unpaired) electrons. The highest BCUT2D eigenvalue weighted by Crippen LogP contribution is 2.23. The molecule has 2 aliphatic heterocycles. The third kappa shape index (κ3) is 2.64. The van der Waals surface area contributed by atoms with Gasteiger partial charge in [-0.25, -0.2) is 0 Å². The second kappa shape index (κ2) is 5.28. The number of rotatable bonds is 3. The number of likely N-dealkylation sites (tertiary alicyclic amines) is 1. The molecule has 16 heavy (non-hydrogen) atoms. The van der Waals surface area contributed by atoms with Gasteiger partial charge in [0.2, 0.25) is 0 Å². The molecular formula is C13H23NO2. The highest BCUT2D eigenvalue weighted by molar-refractivity contribution is 5.83. The van der Waals surface area contributed by atoms with E-state index in [1.165, 1.54) is 19.3 Å². The Kier molecular flexibility index (Phi) is 3.98. The monoisotopic (exact) mass is 225 g/mol. The van der Waals surface area contributed by atoms with Crippen LogP contribution in [0.15, 0.2) is 0 Å². The van der Waals surface area contributed by atoms with Gasteiger partial charge in [-0.2, -0.15) is 0 Å². The van der Waals surface area contributed by atoms with Gasteiger partial charge in [-0.05, 0) is 33.1 Å². The lowest BCUT2D eigenvalue weighted by Crippen LogP contribution is -2.47. The van der Waals surface area contributed by atoms with E-state index in [1.807, 2.05) is 0 Å². The molecule has 2 heterocycles. The molecule has 0 aromatic rings. The quantitative estimate of drug-likeness (QED) is 0.734. The summed E-state index contributed by atoms with van der Waals surface area (Å²) in [5, 5.41) is 0. The van der Waals surface area contributed by atoms with Crippen molar-refractivity contribution in [2.45, 2.75) is 51.6 Å². The van der Waals surface area contributed by atoms with Crippen LogP contribution in [-0.4, -0.2) is 42.5 Å². The third-order valence-corrected chi connectivity index (χ3v) is 4.10. The van der Waals surface area contributed by atoms with Crippen molar-refractivity contribution >= 4 is 5.78 Å². The lowest BCUT2D eigenvalue weighted by atomic mass is 9.95. The van der Waals surface area contributed by atoms with Gasteiger partial charge < -0.3 is 4.74 Å². The fraction of sp³-hybridized carbons (Fsp3) is 0.923. The van der Waals surface area contributed by atoms with E-state index in [2.05, 4.69) is 18.7 Å². The normalized spacial score (nSPS) is 36.5. The van der Waals surface area contributed by atoms with Crippen LogP contribution < -0.4 is 0 Å². The number of ketones is 1. The maximum Gasteiger partial charge on any atom is 0.152 e. The van der Waals surface area contributed by atoms with Gasteiger partial charge in [-0.15, -0.1) is 0 Å². The average Bonchev–Trinajstić information content (AvgIpc) is 2.76. The van der Waals surface area contributed by atoms with Crippen molar-refractivity contribution in [3.8, 4) is 0 Å². The number of carbonyl (C=O) groups excluding carboxylic acids is 1. The number of Topliss-reactive ketones (excluding diaryl/α,β-unsaturated/α-hetero) is 1. The van der Waals surface area contributed by atoms with Gasteiger partial charge >= 0.3 is 0 Å². The zero-order valence-electron chi connectivity index (χ0n) is 10.4. The van der Waals surface area contributed by atoms with E-state index in [9.17, 15) is 4.79 Å². The molecule has 0 bridgehead atoms. The van der Waals surface area contributed by atoms with Crippen molar-refractivity contribution in [2.24, 2.45) is 5.92 Å². The van der Waals surface area contributed by atoms with Crippen LogP contribution >= 0.6 is 0 Å². The Morgan fingerprint density at radius 1 is 1.25 bits per heavy atom. The second-order valence-corrected chi connectivity index (χ2v) is 5.33. The minimum absolute atomic E-state index is 0.168. The van der Waals surface area contributed by atoms with Crippen molar-refractivity contribution in [1.29, 1.82) is 0 Å². The van der Waals surface area contributed by atoms with Crippen LogP contribution in [-0.2, 0) is 9.53 Å². The Labute approximate surface area is 98.1 Å². The topological polar surface area (TPSA) is 29.5 Å². The number of ether oxygens (including phenoxy) is 1. The number of hydrogen-bond acceptors (Lipinski definition) is 3. The van der Waals surface area contributed by atoms with Gasteiger partial charge in [0, 0.05) is 24.6 Å². The lowest BCUT2D eigenvalue weighted by molar-refractivity contribution is -0.125. The molecule has 0 spiro atoms. The van der Waals surface area contributed by atoms with Crippen LogP contribution in [0.3, 0.4) is 0 Å². The van der Waals surface area contributed by atoms with E-state index >= 15 is 0 Å². The Balaban J connectivity index is 1.88. The van der Waals surface area contributed by atoms with Gasteiger partial charge in [0.05, 0.1) is 13.2 Å². The SMILES string of the molecule is C[C@@H]1CCC[C@H](C)N1CC(=O)C1CCOC1. The summed E-state index contributed by atoms with van der Waals surface area (Å²) >= 11 is 0. The van der Waals surface area contributed by atoms with Crippen molar-refractivity contribution in [3.63, 3.8) is 0 Å². The maximum absolute atomic E-state index is 12.1. The molecule has 3 heteroatoms. The highest BCUT2D eigenvalue weighted by atomic mass is 16.5. The van der Waals surface area contributed by atoms with E-state index in [-0.39, 0.29) is 5.92 Å². The Morgan fingerprint density at radius 3 is 2.50 bits per heavy atom. The van der Waals surface area contributed by atoms with Crippen LogP contribution in [0.2, 0.25) is 0 Å². The summed E-state index contributed by atoms with van der Waals surface area (Å²) < 4.78 is 5.28. The maximum atomic E-state index is 12.1. The fourth-order valence-electron chi connectivity index (χ4n) is 2.88. The number of hydrogen-bond donors (Lipinski definition) is 0. The number of nitrogens with zero attached hydrogens (tertiary/aromatic N) is 1. The average molecular weight is 225 g/mol. The number of piperidine rings is 1. The van der Waals surface area contributed by atoms with Crippen LogP contribution in [0.1, 0.15) is 39.5 Å². The molecule has 0 aromatic heterocycles. The molecule has 0 saturated carbocycles. The summed E-state index contributed by atoms with van der Waals surface area (Å²) in [4.78, 5) is 14.5. The molecule has 2 aliphatic rings. The molecule has 2 fully saturated rings. The molecule has 0 amide bonds. The Bertz CT molecular complexity index is 238. The van der Waals surface area contributed by atoms with Gasteiger partial charge in [-0.1, -0.05) is 6.42 Å². The predicted octanol–water partition coefficient (Wildman–Crippen LogP) is 1.85. The van der Waals surface area contributed by atoms with Crippen LogP contribution in [0, 0.1) is 5.92 Å². The summed E-state index contributed by atoms with van der Waals surface area (Å²) in [6.07, 6.45) is 4.70. The van der Waals surface area contributed by atoms with Crippen molar-refractivity contribution in [2.75, 3.05) is 19.8 Å². The van der Waals surface area contributed by atoms with Gasteiger partial charge in [0.1, 0.15) is 0 Å². The van der Waals surface area contributed by atoms with Crippen LogP contribution in [0.4, 0.5) is 0 Å². The summed E-state index contributed by atoms with van der Waals surface area (Å²) in [5.74, 6) is 0.555. The summed E-state index contributed by atoms with van der Waals surface area (Å²) in [5.41, 5.74) is 0. The Hall–Kier alpha value is -0.410. The zero-order chi connectivity index (χ0) is 11.5. The van der Waals surface area contributed by atoms with E-state index in [1.54, 1.807) is 0 Å². The molecule has 0 N–H and O–H groups in total. The molecule has 3 nitrogen and oxygen atoms in total. The highest BCUT2D eigenvalue weighted by Gasteiger charge is 2.30. The van der Waals surface area contributed by atoms with Gasteiger partial charge in [0.15, 0.2) is 5.78 Å². The van der Waals surface area contributed by atoms with E-state index < -0.39 is 0 Å². The summed E-state index contributed by atoms with van der Waals surface area (Å²) in [6.45, 7) is 6.54. The smallest absolute Gasteiger partial charge is 0.152 e. The van der Waals surface area contributed by atoms with Crippen LogP contribution in [0.5, 0.6) is 0 Å². The first kappa shape index (κ1) is 12.1. The lowest BCUT2D eigenvalue weighted by Gasteiger charge is -2.38. The second-order valence-electron chi connectivity index (χ2n) is 5.33. The molecule has 0 aromatic carbocycles. The first-order valence-electron chi connectivity index (χ1n) is 6.54. The van der Waals surface area contributed by atoms with Crippen molar-refractivity contribution in [3.05, 3.63) is 0 Å².